The molecule has 0 saturated carbocycles. The lowest BCUT2D eigenvalue weighted by molar-refractivity contribution is 1.00. The predicted molar refractivity (Wildman–Crippen MR) is 141 cm³/mol. The first kappa shape index (κ1) is 21.3. The molecule has 2 aromatic heterocycles. The summed E-state index contributed by atoms with van der Waals surface area (Å²) in [6.07, 6.45) is 2.24. The maximum atomic E-state index is 2.39. The molecule has 2 nitrogen and oxygen atoms in total. The van der Waals surface area contributed by atoms with Crippen molar-refractivity contribution in [1.29, 1.82) is 0 Å². The van der Waals surface area contributed by atoms with Crippen molar-refractivity contribution in [2.45, 2.75) is 48.5 Å². The molecule has 0 aliphatic heterocycles. The summed E-state index contributed by atoms with van der Waals surface area (Å²) in [4.78, 5) is 0. The van der Waals surface area contributed by atoms with Gasteiger partial charge >= 0.3 is 0 Å². The Morgan fingerprint density at radius 2 is 1.15 bits per heavy atom. The van der Waals surface area contributed by atoms with E-state index in [2.05, 4.69) is 124 Å². The van der Waals surface area contributed by atoms with Gasteiger partial charge in [0.25, 0.3) is 0 Å². The van der Waals surface area contributed by atoms with E-state index in [9.17, 15) is 0 Å². The molecule has 0 aliphatic carbocycles. The van der Waals surface area contributed by atoms with Crippen LogP contribution in [0, 0.1) is 48.5 Å². The Morgan fingerprint density at radius 1 is 0.545 bits per heavy atom. The third-order valence-corrected chi connectivity index (χ3v) is 7.49. The first-order valence-electron chi connectivity index (χ1n) is 11.7. The summed E-state index contributed by atoms with van der Waals surface area (Å²) in [7, 11) is 0. The van der Waals surface area contributed by atoms with Crippen LogP contribution in [0.3, 0.4) is 0 Å². The van der Waals surface area contributed by atoms with Gasteiger partial charge in [0.05, 0.1) is 5.52 Å². The molecule has 0 atom stereocenters. The van der Waals surface area contributed by atoms with Crippen molar-refractivity contribution in [2.75, 3.05) is 0 Å². The molecule has 33 heavy (non-hydrogen) atoms. The van der Waals surface area contributed by atoms with Crippen LogP contribution in [-0.2, 0) is 0 Å². The monoisotopic (exact) mass is 432 g/mol. The van der Waals surface area contributed by atoms with Gasteiger partial charge in [0.2, 0.25) is 0 Å². The van der Waals surface area contributed by atoms with E-state index in [1.165, 1.54) is 72.6 Å². The van der Waals surface area contributed by atoms with E-state index >= 15 is 0 Å². The largest absolute Gasteiger partial charge is 0.321 e. The van der Waals surface area contributed by atoms with E-state index in [0.717, 1.165) is 0 Å². The topological polar surface area (TPSA) is 9.86 Å². The molecule has 0 bridgehead atoms. The van der Waals surface area contributed by atoms with Crippen LogP contribution in [0.5, 0.6) is 0 Å². The SMILES string of the molecule is Cc1cc(-n2cc(C)c(C)c2C)ccc1-c1ccc(-n2c(C)c(C)c3ccccc32)cc1C. The van der Waals surface area contributed by atoms with Crippen LogP contribution >= 0.6 is 0 Å². The number of rotatable bonds is 3. The number of benzene rings is 3. The Bertz CT molecular complexity index is 1520. The Morgan fingerprint density at radius 3 is 1.76 bits per heavy atom. The second-order valence-electron chi connectivity index (χ2n) is 9.45. The molecule has 3 aromatic carbocycles. The fraction of sp³-hybridized carbons (Fsp3) is 0.226. The number of nitrogens with zero attached hydrogens (tertiary/aromatic N) is 2. The summed E-state index contributed by atoms with van der Waals surface area (Å²) < 4.78 is 4.69. The molecular weight excluding hydrogens is 400 g/mol. The molecule has 0 aliphatic rings. The number of hydrogen-bond donors (Lipinski definition) is 0. The summed E-state index contributed by atoms with van der Waals surface area (Å²) in [5.74, 6) is 0. The molecule has 0 radical (unpaired) electrons. The average molecular weight is 433 g/mol. The number of aryl methyl sites for hydroxylation is 4. The standard InChI is InChI=1S/C31H32N2/c1-19-16-26(32-18-21(3)22(4)24(32)6)12-14-28(19)29-15-13-27(17-20(29)2)33-25(7)23(5)30-10-8-9-11-31(30)33/h8-18H,1-7H3. The van der Waals surface area contributed by atoms with Crippen LogP contribution < -0.4 is 0 Å². The minimum atomic E-state index is 1.22. The zero-order valence-electron chi connectivity index (χ0n) is 20.7. The number of hydrogen-bond acceptors (Lipinski definition) is 0. The lowest BCUT2D eigenvalue weighted by atomic mass is 9.95. The third kappa shape index (κ3) is 3.33. The second kappa shape index (κ2) is 7.81. The van der Waals surface area contributed by atoms with Gasteiger partial charge in [0.15, 0.2) is 0 Å². The molecule has 0 amide bonds. The van der Waals surface area contributed by atoms with Gasteiger partial charge in [0, 0.05) is 34.3 Å². The average Bonchev–Trinajstić information content (AvgIpc) is 3.21. The highest BCUT2D eigenvalue weighted by atomic mass is 15.0. The quantitative estimate of drug-likeness (QED) is 0.272. The van der Waals surface area contributed by atoms with Crippen molar-refractivity contribution in [1.82, 2.24) is 9.13 Å². The Labute approximate surface area is 197 Å². The van der Waals surface area contributed by atoms with Gasteiger partial charge in [-0.25, -0.2) is 0 Å². The summed E-state index contributed by atoms with van der Waals surface area (Å²) in [5.41, 5.74) is 15.6. The summed E-state index contributed by atoms with van der Waals surface area (Å²) in [6, 6.07) is 22.4. The van der Waals surface area contributed by atoms with Crippen molar-refractivity contribution in [3.8, 4) is 22.5 Å². The summed E-state index contributed by atoms with van der Waals surface area (Å²) in [5, 5.41) is 1.33. The number of aromatic nitrogens is 2. The van der Waals surface area contributed by atoms with E-state index in [1.54, 1.807) is 0 Å². The highest BCUT2D eigenvalue weighted by Crippen LogP contribution is 2.33. The van der Waals surface area contributed by atoms with Crippen LogP contribution in [0.2, 0.25) is 0 Å². The number of fused-ring (bicyclic) bond motifs is 1. The molecule has 0 spiro atoms. The minimum absolute atomic E-state index is 1.22. The summed E-state index contributed by atoms with van der Waals surface area (Å²) >= 11 is 0. The van der Waals surface area contributed by atoms with Gasteiger partial charge in [0.1, 0.15) is 0 Å². The zero-order valence-corrected chi connectivity index (χ0v) is 20.7. The molecule has 0 N–H and O–H groups in total. The maximum absolute atomic E-state index is 2.39. The van der Waals surface area contributed by atoms with Crippen molar-refractivity contribution in [2.24, 2.45) is 0 Å². The molecule has 0 saturated heterocycles. The van der Waals surface area contributed by atoms with Crippen molar-refractivity contribution < 1.29 is 0 Å². The number of para-hydroxylation sites is 1. The highest BCUT2D eigenvalue weighted by Gasteiger charge is 2.14. The van der Waals surface area contributed by atoms with Gasteiger partial charge in [-0.05, 0) is 118 Å². The molecule has 0 fully saturated rings. The van der Waals surface area contributed by atoms with E-state index < -0.39 is 0 Å². The highest BCUT2D eigenvalue weighted by molar-refractivity contribution is 5.87. The minimum Gasteiger partial charge on any atom is -0.321 e. The van der Waals surface area contributed by atoms with Crippen LogP contribution in [0.1, 0.15) is 39.2 Å². The molecule has 2 heterocycles. The second-order valence-corrected chi connectivity index (χ2v) is 9.45. The van der Waals surface area contributed by atoms with Crippen LogP contribution in [0.15, 0.2) is 66.9 Å². The van der Waals surface area contributed by atoms with Crippen LogP contribution in [0.25, 0.3) is 33.4 Å². The Hall–Kier alpha value is -3.52. The van der Waals surface area contributed by atoms with Crippen molar-refractivity contribution in [3.05, 3.63) is 106 Å². The van der Waals surface area contributed by atoms with E-state index in [-0.39, 0.29) is 0 Å². The predicted octanol–water partition coefficient (Wildman–Crippen LogP) is 8.25. The fourth-order valence-electron chi connectivity index (χ4n) is 5.17. The smallest absolute Gasteiger partial charge is 0.0534 e. The molecular formula is C31H32N2. The van der Waals surface area contributed by atoms with E-state index in [1.807, 2.05) is 0 Å². The first-order chi connectivity index (χ1) is 15.8. The molecule has 0 unspecified atom stereocenters. The van der Waals surface area contributed by atoms with Gasteiger partial charge in [-0.2, -0.15) is 0 Å². The molecule has 5 aromatic rings. The van der Waals surface area contributed by atoms with Crippen molar-refractivity contribution >= 4 is 10.9 Å². The maximum Gasteiger partial charge on any atom is 0.0534 e. The first-order valence-corrected chi connectivity index (χ1v) is 11.7. The van der Waals surface area contributed by atoms with Gasteiger partial charge < -0.3 is 9.13 Å². The molecule has 5 rings (SSSR count). The Balaban J connectivity index is 1.57. The van der Waals surface area contributed by atoms with Crippen LogP contribution in [-0.4, -0.2) is 9.13 Å². The summed E-state index contributed by atoms with van der Waals surface area (Å²) in [6.45, 7) is 15.5. The van der Waals surface area contributed by atoms with E-state index in [4.69, 9.17) is 0 Å². The van der Waals surface area contributed by atoms with Crippen LogP contribution in [0.4, 0.5) is 0 Å². The third-order valence-electron chi connectivity index (χ3n) is 7.49. The van der Waals surface area contributed by atoms with Gasteiger partial charge in [-0.1, -0.05) is 30.3 Å². The van der Waals surface area contributed by atoms with E-state index in [0.29, 0.717) is 0 Å². The lowest BCUT2D eigenvalue weighted by Gasteiger charge is -2.16. The van der Waals surface area contributed by atoms with Gasteiger partial charge in [-0.15, -0.1) is 0 Å². The normalized spacial score (nSPS) is 11.5. The Kier molecular flexibility index (Phi) is 5.05. The zero-order chi connectivity index (χ0) is 23.4. The molecule has 166 valence electrons. The lowest BCUT2D eigenvalue weighted by Crippen LogP contribution is -1.99. The molecule has 2 heteroatoms. The van der Waals surface area contributed by atoms with Crippen molar-refractivity contribution in [3.63, 3.8) is 0 Å². The van der Waals surface area contributed by atoms with Gasteiger partial charge in [-0.3, -0.25) is 0 Å². The fourth-order valence-corrected chi connectivity index (χ4v) is 5.17.